The van der Waals surface area contributed by atoms with Gasteiger partial charge in [-0.15, -0.1) is 0 Å². The standard InChI is InChI=1S/2C8H8F2.2C8H9F.4C8H16.3C8H14.C8H10.2C7H14O.2C6H12O2.3CH4/c2*1-5-3-7(9)6(2)8(10)4-5;2*1-6-3-4-7(2)8(9)5-6;8*1-7-3-5-8(2)6-4-7;2*1-6-3-4-7(2)8-5-6;2*1-5-3-7-6(2)8-4-5;;;/h2*3-4H,1-2H3;2*3-5H,1-2H3;4*7-8H,3-6H2,1-2H3;2*3,8H,4-6H2,1-2H3;3,5,7-8H,4,6H2,1-2H3;3-6H,1-2H3;2*6-7H,3-5H2,1-2H3;2*5-6H,3-4H2,1-2H3;3*1H4. The van der Waals surface area contributed by atoms with Crippen LogP contribution in [0.5, 0.6) is 0 Å². The van der Waals surface area contributed by atoms with Gasteiger partial charge in [0.1, 0.15) is 34.9 Å². The monoisotopic (exact) mass is 1930 g/mol. The van der Waals surface area contributed by atoms with Crippen molar-refractivity contribution < 1.29 is 54.8 Å². The highest BCUT2D eigenvalue weighted by Gasteiger charge is 2.21. The number of benzene rings is 5. The van der Waals surface area contributed by atoms with Crippen LogP contribution in [0.3, 0.4) is 0 Å². The molecular weight excluding hydrogens is 1710 g/mol. The molecule has 4 saturated carbocycles. The van der Waals surface area contributed by atoms with Gasteiger partial charge in [0.2, 0.25) is 0 Å². The summed E-state index contributed by atoms with van der Waals surface area (Å²) in [6, 6.07) is 24.2. The van der Waals surface area contributed by atoms with E-state index in [2.05, 4.69) is 201 Å². The summed E-state index contributed by atoms with van der Waals surface area (Å²) in [7, 11) is 0. The maximum absolute atomic E-state index is 12.6. The highest BCUT2D eigenvalue weighted by Crippen LogP contribution is 2.32. The minimum atomic E-state index is -0.475. The lowest BCUT2D eigenvalue weighted by Gasteiger charge is -2.24. The fourth-order valence-electron chi connectivity index (χ4n) is 16.0. The Balaban J connectivity index is -0.00000140. The summed E-state index contributed by atoms with van der Waals surface area (Å²) in [6.07, 6.45) is 50.1. The summed E-state index contributed by atoms with van der Waals surface area (Å²) >= 11 is 0. The van der Waals surface area contributed by atoms with Crippen LogP contribution < -0.4 is 0 Å². The quantitative estimate of drug-likeness (QED) is 0.114. The van der Waals surface area contributed by atoms with Crippen LogP contribution in [0.25, 0.3) is 0 Å². The molecule has 4 saturated heterocycles. The van der Waals surface area contributed by atoms with E-state index in [1.807, 2.05) is 39.8 Å². The Morgan fingerprint density at radius 1 is 0.212 bits per heavy atom. The number of hydrogen-bond acceptors (Lipinski definition) is 6. The highest BCUT2D eigenvalue weighted by molar-refractivity contribution is 5.26. The molecular formula is C125H214F6O6. The van der Waals surface area contributed by atoms with E-state index in [1.54, 1.807) is 51.0 Å². The van der Waals surface area contributed by atoms with Gasteiger partial charge in [-0.2, -0.15) is 0 Å². The van der Waals surface area contributed by atoms with E-state index in [9.17, 15) is 26.3 Å². The second kappa shape index (κ2) is 79.1. The molecule has 0 amide bonds. The third-order valence-electron chi connectivity index (χ3n) is 27.5. The number of allylic oxidation sites excluding steroid dienone is 6. The summed E-state index contributed by atoms with van der Waals surface area (Å²) in [6.45, 7) is 72.4. The largest absolute Gasteiger partial charge is 0.378 e. The zero-order chi connectivity index (χ0) is 101. The number of halogens is 6. The maximum atomic E-state index is 12.6. The van der Waals surface area contributed by atoms with Crippen LogP contribution in [0.1, 0.15) is 410 Å². The molecule has 7 aliphatic carbocycles. The Morgan fingerprint density at radius 3 is 0.591 bits per heavy atom. The molecule has 11 aliphatic rings. The van der Waals surface area contributed by atoms with Crippen molar-refractivity contribution in [2.45, 2.75) is 448 Å². The van der Waals surface area contributed by atoms with Crippen LogP contribution in [0.4, 0.5) is 26.3 Å². The van der Waals surface area contributed by atoms with Gasteiger partial charge >= 0.3 is 0 Å². The van der Waals surface area contributed by atoms with Crippen LogP contribution in [0.2, 0.25) is 0 Å². The van der Waals surface area contributed by atoms with Gasteiger partial charge in [-0.1, -0.05) is 331 Å². The number of aryl methyl sites for hydroxylation is 8. The SMILES string of the molecule is C.C.C.CC1=CCC(C)CC1.CC1=CCC(C)CC1.CC1C=CC(C)CC1.CC1CCC(C)CC1.CC1CCC(C)CC1.CC1CCC(C)CC1.CC1CCC(C)CC1.CC1CCC(C)OC1.CC1CCC(C)OC1.CC1COC(C)OC1.CC1COC(C)OC1.Cc1cc(F)c(C)c(F)c1.Cc1cc(F)c(C)c(F)c1.Cc1ccc(C)c(F)c1.Cc1ccc(C)c(F)c1.Cc1ccc(C)cc1. The van der Waals surface area contributed by atoms with Crippen LogP contribution in [0.15, 0.2) is 120 Å². The Hall–Kier alpha value is -5.34. The summed E-state index contributed by atoms with van der Waals surface area (Å²) in [5.74, 6) is 12.3. The zero-order valence-corrected chi connectivity index (χ0v) is 91.7. The van der Waals surface area contributed by atoms with Crippen molar-refractivity contribution in [2.24, 2.45) is 94.7 Å². The average molecular weight is 1930 g/mol. The van der Waals surface area contributed by atoms with E-state index in [0.29, 0.717) is 46.3 Å². The van der Waals surface area contributed by atoms with Gasteiger partial charge in [-0.05, 0) is 340 Å². The lowest BCUT2D eigenvalue weighted by atomic mass is 9.84. The van der Waals surface area contributed by atoms with Gasteiger partial charge in [0, 0.05) is 36.2 Å². The van der Waals surface area contributed by atoms with Gasteiger partial charge in [0.05, 0.1) is 38.6 Å². The van der Waals surface area contributed by atoms with Gasteiger partial charge in [-0.25, -0.2) is 26.3 Å². The van der Waals surface area contributed by atoms with Crippen LogP contribution in [-0.4, -0.2) is 64.4 Å². The Labute approximate surface area is 843 Å². The van der Waals surface area contributed by atoms with E-state index in [1.165, 1.54) is 241 Å². The van der Waals surface area contributed by atoms with Gasteiger partial charge in [0.15, 0.2) is 12.6 Å². The normalized spacial score (nSPS) is 27.5. The third-order valence-corrected chi connectivity index (χ3v) is 27.5. The lowest BCUT2D eigenvalue weighted by molar-refractivity contribution is -0.187. The van der Waals surface area contributed by atoms with Crippen molar-refractivity contribution in [1.82, 2.24) is 0 Å². The summed E-state index contributed by atoms with van der Waals surface area (Å²) < 4.78 is 107. The molecule has 4 aliphatic heterocycles. The molecule has 4 heterocycles. The molecule has 8 unspecified atom stereocenters. The molecule has 5 aromatic rings. The fourth-order valence-corrected chi connectivity index (χ4v) is 16.0. The van der Waals surface area contributed by atoms with Crippen molar-refractivity contribution in [1.29, 1.82) is 0 Å². The van der Waals surface area contributed by atoms with Crippen molar-refractivity contribution in [3.8, 4) is 0 Å². The minimum absolute atomic E-state index is 0. The molecule has 0 aromatic heterocycles. The van der Waals surface area contributed by atoms with Gasteiger partial charge in [0.25, 0.3) is 0 Å². The summed E-state index contributed by atoms with van der Waals surface area (Å²) in [5.41, 5.74) is 10.6. The van der Waals surface area contributed by atoms with E-state index < -0.39 is 23.3 Å². The first-order valence-electron chi connectivity index (χ1n) is 53.1. The predicted octanol–water partition coefficient (Wildman–Crippen LogP) is 39.4. The molecule has 8 fully saturated rings. The molecule has 8 atom stereocenters. The van der Waals surface area contributed by atoms with Crippen molar-refractivity contribution in [3.05, 3.63) is 211 Å². The van der Waals surface area contributed by atoms with Crippen molar-refractivity contribution in [2.75, 3.05) is 39.6 Å². The van der Waals surface area contributed by atoms with Crippen molar-refractivity contribution in [3.63, 3.8) is 0 Å². The Morgan fingerprint density at radius 2 is 0.423 bits per heavy atom. The molecule has 137 heavy (non-hydrogen) atoms. The first-order chi connectivity index (χ1) is 63.1. The average Bonchev–Trinajstić information content (AvgIpc) is 0.871. The second-order valence-electron chi connectivity index (χ2n) is 43.9. The predicted molar refractivity (Wildman–Crippen MR) is 586 cm³/mol. The third kappa shape index (κ3) is 72.6. The van der Waals surface area contributed by atoms with E-state index in [4.69, 9.17) is 28.4 Å². The smallest absolute Gasteiger partial charge is 0.154 e. The minimum Gasteiger partial charge on any atom is -0.378 e. The Kier molecular flexibility index (Phi) is 78.4. The van der Waals surface area contributed by atoms with Crippen LogP contribution in [-0.2, 0) is 28.4 Å². The second-order valence-corrected chi connectivity index (χ2v) is 43.9. The molecule has 5 aromatic carbocycles. The van der Waals surface area contributed by atoms with Gasteiger partial charge in [-0.3, -0.25) is 0 Å². The highest BCUT2D eigenvalue weighted by atomic mass is 19.2. The topological polar surface area (TPSA) is 55.4 Å². The number of ether oxygens (including phenoxy) is 6. The van der Waals surface area contributed by atoms with E-state index in [-0.39, 0.29) is 57.6 Å². The molecule has 16 rings (SSSR count). The zero-order valence-electron chi connectivity index (χ0n) is 91.7. The molecule has 792 valence electrons. The lowest BCUT2D eigenvalue weighted by Crippen LogP contribution is -2.27. The molecule has 0 spiro atoms. The van der Waals surface area contributed by atoms with E-state index >= 15 is 0 Å². The molecule has 0 radical (unpaired) electrons. The first kappa shape index (κ1) is 136. The van der Waals surface area contributed by atoms with Crippen molar-refractivity contribution >= 4 is 0 Å². The number of hydrogen-bond donors (Lipinski definition) is 0. The maximum Gasteiger partial charge on any atom is 0.154 e. The first-order valence-corrected chi connectivity index (χ1v) is 53.1. The molecule has 0 N–H and O–H groups in total. The van der Waals surface area contributed by atoms with E-state index in [0.717, 1.165) is 134 Å². The van der Waals surface area contributed by atoms with Gasteiger partial charge < -0.3 is 28.4 Å². The van der Waals surface area contributed by atoms with Crippen LogP contribution >= 0.6 is 0 Å². The summed E-state index contributed by atoms with van der Waals surface area (Å²) in [5, 5.41) is 0. The van der Waals surface area contributed by atoms with Crippen LogP contribution in [0, 0.1) is 199 Å². The molecule has 0 bridgehead atoms. The summed E-state index contributed by atoms with van der Waals surface area (Å²) in [4.78, 5) is 0. The Bertz CT molecular complexity index is 3290. The fraction of sp³-hybridized carbons (Fsp3) is 0.712. The number of rotatable bonds is 0. The molecule has 12 heteroatoms. The molecule has 6 nitrogen and oxygen atoms in total.